The second kappa shape index (κ2) is 7.35. The van der Waals surface area contributed by atoms with Crippen LogP contribution in [0.1, 0.15) is 57.9 Å². The molecular weight excluding hydrogens is 366 g/mol. The zero-order valence-electron chi connectivity index (χ0n) is 16.1. The topological polar surface area (TPSA) is 64.0 Å². The quantitative estimate of drug-likeness (QED) is 0.635. The first-order valence-corrected chi connectivity index (χ1v) is 10.9. The maximum Gasteiger partial charge on any atom is 0.263 e. The zero-order chi connectivity index (χ0) is 19.1. The predicted molar refractivity (Wildman–Crippen MR) is 109 cm³/mol. The van der Waals surface area contributed by atoms with E-state index in [1.165, 1.54) is 28.6 Å². The molecule has 0 radical (unpaired) electrons. The molecule has 5 nitrogen and oxygen atoms in total. The maximum atomic E-state index is 13.1. The van der Waals surface area contributed by atoms with E-state index in [4.69, 9.17) is 4.98 Å². The summed E-state index contributed by atoms with van der Waals surface area (Å²) in [5.74, 6) is -0.0371. The van der Waals surface area contributed by atoms with Crippen molar-refractivity contribution in [1.82, 2.24) is 14.9 Å². The van der Waals surface area contributed by atoms with Crippen LogP contribution in [0.15, 0.2) is 9.95 Å². The Kier molecular flexibility index (Phi) is 5.49. The van der Waals surface area contributed by atoms with Gasteiger partial charge in [-0.25, -0.2) is 4.98 Å². The highest BCUT2D eigenvalue weighted by Gasteiger charge is 2.25. The SMILES string of the molecule is CCn1c(SC(C)C(=O)NC(C)(C)C)nc2sc3c(c2c1=O)CCCC3. The van der Waals surface area contributed by atoms with E-state index >= 15 is 0 Å². The summed E-state index contributed by atoms with van der Waals surface area (Å²) in [4.78, 5) is 32.5. The molecule has 1 unspecified atom stereocenters. The number of nitrogens with one attached hydrogen (secondary N) is 1. The van der Waals surface area contributed by atoms with Gasteiger partial charge in [0.05, 0.1) is 10.6 Å². The number of carbonyl (C=O) groups is 1. The number of rotatable bonds is 4. The standard InChI is InChI=1S/C19H27N3O2S2/c1-6-22-17(24)14-12-9-7-8-10-13(12)26-16(14)20-18(22)25-11(2)15(23)21-19(3,4)5/h11H,6-10H2,1-5H3,(H,21,23). The van der Waals surface area contributed by atoms with E-state index in [0.29, 0.717) is 11.7 Å². The minimum Gasteiger partial charge on any atom is -0.351 e. The fourth-order valence-corrected chi connectivity index (χ4v) is 5.55. The average Bonchev–Trinajstić information content (AvgIpc) is 2.91. The fraction of sp³-hybridized carbons (Fsp3) is 0.632. The Bertz CT molecular complexity index is 893. The number of aryl methyl sites for hydroxylation is 2. The van der Waals surface area contributed by atoms with Gasteiger partial charge in [-0.3, -0.25) is 14.2 Å². The van der Waals surface area contributed by atoms with Crippen LogP contribution in [0.5, 0.6) is 0 Å². The van der Waals surface area contributed by atoms with Gasteiger partial charge in [-0.1, -0.05) is 11.8 Å². The number of aromatic nitrogens is 2. The number of hydrogen-bond acceptors (Lipinski definition) is 5. The van der Waals surface area contributed by atoms with Gasteiger partial charge in [-0.05, 0) is 65.9 Å². The second-order valence-electron chi connectivity index (χ2n) is 7.83. The first kappa shape index (κ1) is 19.4. The van der Waals surface area contributed by atoms with Gasteiger partial charge in [0, 0.05) is 17.0 Å². The molecule has 0 saturated heterocycles. The monoisotopic (exact) mass is 393 g/mol. The molecule has 1 aliphatic carbocycles. The van der Waals surface area contributed by atoms with E-state index in [-0.39, 0.29) is 22.3 Å². The van der Waals surface area contributed by atoms with Gasteiger partial charge in [0.2, 0.25) is 5.91 Å². The lowest BCUT2D eigenvalue weighted by Crippen LogP contribution is -2.44. The molecule has 142 valence electrons. The molecule has 0 saturated carbocycles. The highest BCUT2D eigenvalue weighted by atomic mass is 32.2. The van der Waals surface area contributed by atoms with Crippen molar-refractivity contribution in [2.45, 2.75) is 82.8 Å². The Hall–Kier alpha value is -1.34. The van der Waals surface area contributed by atoms with E-state index in [1.807, 2.05) is 34.6 Å². The molecule has 0 aromatic carbocycles. The summed E-state index contributed by atoms with van der Waals surface area (Å²) in [6.45, 7) is 10.3. The Balaban J connectivity index is 1.98. The van der Waals surface area contributed by atoms with Gasteiger partial charge in [-0.15, -0.1) is 11.3 Å². The van der Waals surface area contributed by atoms with Gasteiger partial charge >= 0.3 is 0 Å². The first-order chi connectivity index (χ1) is 12.2. The Morgan fingerprint density at radius 3 is 2.69 bits per heavy atom. The summed E-state index contributed by atoms with van der Waals surface area (Å²) >= 11 is 3.02. The summed E-state index contributed by atoms with van der Waals surface area (Å²) in [7, 11) is 0. The van der Waals surface area contributed by atoms with Crippen LogP contribution in [0.25, 0.3) is 10.2 Å². The smallest absolute Gasteiger partial charge is 0.263 e. The van der Waals surface area contributed by atoms with Crippen LogP contribution >= 0.6 is 23.1 Å². The lowest BCUT2D eigenvalue weighted by atomic mass is 9.97. The van der Waals surface area contributed by atoms with Crippen molar-refractivity contribution in [3.8, 4) is 0 Å². The third-order valence-corrected chi connectivity index (χ3v) is 6.78. The average molecular weight is 394 g/mol. The largest absolute Gasteiger partial charge is 0.351 e. The van der Waals surface area contributed by atoms with Crippen LogP contribution in [-0.2, 0) is 24.2 Å². The zero-order valence-corrected chi connectivity index (χ0v) is 17.8. The molecule has 2 heterocycles. The molecule has 3 rings (SSSR count). The van der Waals surface area contributed by atoms with E-state index in [0.717, 1.165) is 29.5 Å². The molecule has 0 spiro atoms. The summed E-state index contributed by atoms with van der Waals surface area (Å²) in [6, 6.07) is 0. The lowest BCUT2D eigenvalue weighted by Gasteiger charge is -2.23. The third-order valence-electron chi connectivity index (χ3n) is 4.51. The molecule has 26 heavy (non-hydrogen) atoms. The molecule has 0 fully saturated rings. The Labute approximate surface area is 162 Å². The van der Waals surface area contributed by atoms with Crippen molar-refractivity contribution >= 4 is 39.2 Å². The van der Waals surface area contributed by atoms with E-state index < -0.39 is 0 Å². The summed E-state index contributed by atoms with van der Waals surface area (Å²) in [5.41, 5.74) is 0.981. The number of fused-ring (bicyclic) bond motifs is 3. The normalized spacial score (nSPS) is 15.7. The molecule has 1 N–H and O–H groups in total. The summed E-state index contributed by atoms with van der Waals surface area (Å²) in [5, 5.41) is 4.13. The molecule has 2 aromatic rings. The molecule has 0 aliphatic heterocycles. The van der Waals surface area contributed by atoms with Gasteiger partial charge in [-0.2, -0.15) is 0 Å². The van der Waals surface area contributed by atoms with Crippen molar-refractivity contribution in [2.75, 3.05) is 0 Å². The number of carbonyl (C=O) groups excluding carboxylic acids is 1. The number of thiophene rings is 1. The Morgan fingerprint density at radius 2 is 2.04 bits per heavy atom. The third kappa shape index (κ3) is 3.83. The number of thioether (sulfide) groups is 1. The van der Waals surface area contributed by atoms with Crippen molar-refractivity contribution in [2.24, 2.45) is 0 Å². The minimum absolute atomic E-state index is 0.0371. The van der Waals surface area contributed by atoms with Crippen LogP contribution in [-0.4, -0.2) is 26.2 Å². The van der Waals surface area contributed by atoms with Gasteiger partial charge in [0.15, 0.2) is 5.16 Å². The fourth-order valence-electron chi connectivity index (χ4n) is 3.27. The van der Waals surface area contributed by atoms with E-state index in [9.17, 15) is 9.59 Å². The van der Waals surface area contributed by atoms with Crippen molar-refractivity contribution in [3.05, 3.63) is 20.8 Å². The molecule has 1 amide bonds. The maximum absolute atomic E-state index is 13.1. The molecule has 1 aliphatic rings. The van der Waals surface area contributed by atoms with Crippen LogP contribution in [0.4, 0.5) is 0 Å². The molecule has 7 heteroatoms. The summed E-state index contributed by atoms with van der Waals surface area (Å²) in [6.07, 6.45) is 4.36. The second-order valence-corrected chi connectivity index (χ2v) is 10.2. The lowest BCUT2D eigenvalue weighted by molar-refractivity contribution is -0.121. The van der Waals surface area contributed by atoms with Crippen LogP contribution in [0.2, 0.25) is 0 Å². The van der Waals surface area contributed by atoms with Crippen molar-refractivity contribution in [3.63, 3.8) is 0 Å². The van der Waals surface area contributed by atoms with E-state index in [1.54, 1.807) is 15.9 Å². The first-order valence-electron chi connectivity index (χ1n) is 9.25. The van der Waals surface area contributed by atoms with Crippen LogP contribution in [0, 0.1) is 0 Å². The highest BCUT2D eigenvalue weighted by Crippen LogP contribution is 2.35. The molecular formula is C19H27N3O2S2. The van der Waals surface area contributed by atoms with Crippen molar-refractivity contribution < 1.29 is 4.79 Å². The van der Waals surface area contributed by atoms with Gasteiger partial charge in [0.25, 0.3) is 5.56 Å². The van der Waals surface area contributed by atoms with Crippen LogP contribution in [0.3, 0.4) is 0 Å². The molecule has 1 atom stereocenters. The highest BCUT2D eigenvalue weighted by molar-refractivity contribution is 8.00. The minimum atomic E-state index is -0.314. The molecule has 0 bridgehead atoms. The molecule has 2 aromatic heterocycles. The number of amides is 1. The summed E-state index contributed by atoms with van der Waals surface area (Å²) < 4.78 is 1.72. The number of nitrogens with zero attached hydrogens (tertiary/aromatic N) is 2. The Morgan fingerprint density at radius 1 is 1.35 bits per heavy atom. The van der Waals surface area contributed by atoms with Gasteiger partial charge < -0.3 is 5.32 Å². The predicted octanol–water partition coefficient (Wildman–Crippen LogP) is 3.75. The number of hydrogen-bond donors (Lipinski definition) is 1. The van der Waals surface area contributed by atoms with Gasteiger partial charge in [0.1, 0.15) is 4.83 Å². The van der Waals surface area contributed by atoms with E-state index in [2.05, 4.69) is 5.32 Å². The van der Waals surface area contributed by atoms with Crippen LogP contribution < -0.4 is 10.9 Å². The van der Waals surface area contributed by atoms with Crippen molar-refractivity contribution in [1.29, 1.82) is 0 Å².